The van der Waals surface area contributed by atoms with Gasteiger partial charge in [0, 0.05) is 31.2 Å². The SMILES string of the molecule is O=C(Cc1ccccc1Cl)NCCN1CCC(O)(c2ccc(F)cc2)CC1. The van der Waals surface area contributed by atoms with E-state index in [-0.39, 0.29) is 18.1 Å². The van der Waals surface area contributed by atoms with Crippen molar-refractivity contribution in [1.29, 1.82) is 0 Å². The fourth-order valence-corrected chi connectivity index (χ4v) is 3.63. The molecule has 0 radical (unpaired) electrons. The van der Waals surface area contributed by atoms with Gasteiger partial charge in [-0.05, 0) is 42.2 Å². The number of piperidine rings is 1. The van der Waals surface area contributed by atoms with Crippen LogP contribution in [-0.4, -0.2) is 42.1 Å². The monoisotopic (exact) mass is 390 g/mol. The topological polar surface area (TPSA) is 52.6 Å². The predicted molar refractivity (Wildman–Crippen MR) is 104 cm³/mol. The zero-order valence-electron chi connectivity index (χ0n) is 15.1. The summed E-state index contributed by atoms with van der Waals surface area (Å²) in [6.45, 7) is 2.74. The zero-order valence-corrected chi connectivity index (χ0v) is 15.9. The molecule has 4 nitrogen and oxygen atoms in total. The summed E-state index contributed by atoms with van der Waals surface area (Å²) in [6.07, 6.45) is 1.45. The number of likely N-dealkylation sites (tertiary alicyclic amines) is 1. The van der Waals surface area contributed by atoms with Gasteiger partial charge in [0.05, 0.1) is 12.0 Å². The Labute approximate surface area is 164 Å². The summed E-state index contributed by atoms with van der Waals surface area (Å²) in [4.78, 5) is 14.3. The molecule has 3 rings (SSSR count). The van der Waals surface area contributed by atoms with Crippen molar-refractivity contribution in [2.75, 3.05) is 26.2 Å². The molecule has 2 aromatic rings. The first-order valence-electron chi connectivity index (χ1n) is 9.17. The predicted octanol–water partition coefficient (Wildman–Crippen LogP) is 3.12. The van der Waals surface area contributed by atoms with Gasteiger partial charge in [0.15, 0.2) is 0 Å². The lowest BCUT2D eigenvalue weighted by Gasteiger charge is -2.38. The maximum Gasteiger partial charge on any atom is 0.224 e. The lowest BCUT2D eigenvalue weighted by atomic mass is 9.84. The highest BCUT2D eigenvalue weighted by atomic mass is 35.5. The number of aliphatic hydroxyl groups is 1. The number of halogens is 2. The zero-order chi connectivity index (χ0) is 19.3. The van der Waals surface area contributed by atoms with Crippen LogP contribution in [0.3, 0.4) is 0 Å². The Bertz CT molecular complexity index is 774. The van der Waals surface area contributed by atoms with E-state index in [9.17, 15) is 14.3 Å². The molecule has 1 heterocycles. The van der Waals surface area contributed by atoms with Gasteiger partial charge in [0.1, 0.15) is 5.82 Å². The summed E-state index contributed by atoms with van der Waals surface area (Å²) in [5.41, 5.74) is 0.674. The molecule has 1 saturated heterocycles. The van der Waals surface area contributed by atoms with Gasteiger partial charge in [0.25, 0.3) is 0 Å². The number of carbonyl (C=O) groups excluding carboxylic acids is 1. The van der Waals surface area contributed by atoms with Crippen LogP contribution in [0.4, 0.5) is 4.39 Å². The smallest absolute Gasteiger partial charge is 0.224 e. The van der Waals surface area contributed by atoms with E-state index < -0.39 is 5.60 Å². The molecule has 144 valence electrons. The van der Waals surface area contributed by atoms with Crippen molar-refractivity contribution < 1.29 is 14.3 Å². The maximum atomic E-state index is 13.1. The van der Waals surface area contributed by atoms with Crippen LogP contribution in [0.1, 0.15) is 24.0 Å². The second-order valence-corrected chi connectivity index (χ2v) is 7.41. The molecule has 0 atom stereocenters. The Morgan fingerprint density at radius 1 is 1.15 bits per heavy atom. The Hall–Kier alpha value is -1.95. The molecule has 0 aromatic heterocycles. The van der Waals surface area contributed by atoms with Crippen molar-refractivity contribution >= 4 is 17.5 Å². The lowest BCUT2D eigenvalue weighted by molar-refractivity contribution is -0.120. The molecule has 0 aliphatic carbocycles. The second kappa shape index (κ2) is 8.83. The number of hydrogen-bond acceptors (Lipinski definition) is 3. The van der Waals surface area contributed by atoms with E-state index in [2.05, 4.69) is 10.2 Å². The van der Waals surface area contributed by atoms with Crippen LogP contribution in [0.15, 0.2) is 48.5 Å². The molecule has 1 aliphatic rings. The highest BCUT2D eigenvalue weighted by Gasteiger charge is 2.33. The number of carbonyl (C=O) groups is 1. The number of rotatable bonds is 6. The van der Waals surface area contributed by atoms with E-state index in [0.717, 1.165) is 30.8 Å². The third kappa shape index (κ3) is 5.28. The van der Waals surface area contributed by atoms with Crippen LogP contribution in [0, 0.1) is 5.82 Å². The summed E-state index contributed by atoms with van der Waals surface area (Å²) in [7, 11) is 0. The quantitative estimate of drug-likeness (QED) is 0.796. The first kappa shape index (κ1) is 19.8. The fraction of sp³-hybridized carbons (Fsp3) is 0.381. The molecule has 1 amide bonds. The minimum absolute atomic E-state index is 0.0528. The Balaban J connectivity index is 1.41. The Morgan fingerprint density at radius 3 is 2.48 bits per heavy atom. The van der Waals surface area contributed by atoms with E-state index in [1.807, 2.05) is 18.2 Å². The van der Waals surface area contributed by atoms with Crippen LogP contribution >= 0.6 is 11.6 Å². The summed E-state index contributed by atoms with van der Waals surface area (Å²) in [5, 5.41) is 14.3. The normalized spacial score (nSPS) is 16.9. The van der Waals surface area contributed by atoms with Crippen molar-refractivity contribution in [3.05, 3.63) is 70.5 Å². The van der Waals surface area contributed by atoms with Crippen molar-refractivity contribution in [2.45, 2.75) is 24.9 Å². The van der Waals surface area contributed by atoms with Crippen LogP contribution < -0.4 is 5.32 Å². The van der Waals surface area contributed by atoms with Crippen LogP contribution in [0.5, 0.6) is 0 Å². The standard InChI is InChI=1S/C21H24ClFN2O2/c22-19-4-2-1-3-16(19)15-20(26)24-11-14-25-12-9-21(27,10-13-25)17-5-7-18(23)8-6-17/h1-8,27H,9-15H2,(H,24,26). The largest absolute Gasteiger partial charge is 0.385 e. The van der Waals surface area contributed by atoms with Crippen LogP contribution in [0.2, 0.25) is 5.02 Å². The highest BCUT2D eigenvalue weighted by molar-refractivity contribution is 6.31. The molecule has 1 aliphatic heterocycles. The average molecular weight is 391 g/mol. The number of nitrogens with zero attached hydrogens (tertiary/aromatic N) is 1. The van der Waals surface area contributed by atoms with E-state index in [4.69, 9.17) is 11.6 Å². The summed E-state index contributed by atoms with van der Waals surface area (Å²) < 4.78 is 13.1. The fourth-order valence-electron chi connectivity index (χ4n) is 3.43. The molecule has 0 spiro atoms. The Morgan fingerprint density at radius 2 is 1.81 bits per heavy atom. The van der Waals surface area contributed by atoms with Crippen LogP contribution in [0.25, 0.3) is 0 Å². The lowest BCUT2D eigenvalue weighted by Crippen LogP contribution is -2.45. The second-order valence-electron chi connectivity index (χ2n) is 7.00. The molecule has 0 saturated carbocycles. The van der Waals surface area contributed by atoms with Crippen molar-refractivity contribution in [3.63, 3.8) is 0 Å². The van der Waals surface area contributed by atoms with Gasteiger partial charge < -0.3 is 15.3 Å². The van der Waals surface area contributed by atoms with E-state index >= 15 is 0 Å². The van der Waals surface area contributed by atoms with Gasteiger partial charge in [-0.2, -0.15) is 0 Å². The highest BCUT2D eigenvalue weighted by Crippen LogP contribution is 2.32. The minimum atomic E-state index is -0.905. The summed E-state index contributed by atoms with van der Waals surface area (Å²) >= 11 is 6.08. The molecule has 27 heavy (non-hydrogen) atoms. The number of amides is 1. The molecule has 6 heteroatoms. The van der Waals surface area contributed by atoms with Gasteiger partial charge in [-0.25, -0.2) is 4.39 Å². The maximum absolute atomic E-state index is 13.1. The third-order valence-electron chi connectivity index (χ3n) is 5.12. The van der Waals surface area contributed by atoms with E-state index in [1.165, 1.54) is 12.1 Å². The average Bonchev–Trinajstić information content (AvgIpc) is 2.66. The number of benzene rings is 2. The van der Waals surface area contributed by atoms with E-state index in [0.29, 0.717) is 24.4 Å². The molecule has 0 unspecified atom stereocenters. The van der Waals surface area contributed by atoms with Gasteiger partial charge >= 0.3 is 0 Å². The van der Waals surface area contributed by atoms with Gasteiger partial charge in [-0.1, -0.05) is 41.9 Å². The molecule has 0 bridgehead atoms. The molecule has 2 aromatic carbocycles. The first-order chi connectivity index (χ1) is 13.0. The molecular weight excluding hydrogens is 367 g/mol. The molecule has 1 fully saturated rings. The van der Waals surface area contributed by atoms with Crippen molar-refractivity contribution in [3.8, 4) is 0 Å². The van der Waals surface area contributed by atoms with Crippen molar-refractivity contribution in [1.82, 2.24) is 10.2 Å². The van der Waals surface area contributed by atoms with Crippen molar-refractivity contribution in [2.24, 2.45) is 0 Å². The molecular formula is C21H24ClFN2O2. The summed E-state index contributed by atoms with van der Waals surface area (Å²) in [5.74, 6) is -0.352. The first-order valence-corrected chi connectivity index (χ1v) is 9.55. The number of hydrogen-bond donors (Lipinski definition) is 2. The minimum Gasteiger partial charge on any atom is -0.385 e. The number of nitrogens with one attached hydrogen (secondary N) is 1. The van der Waals surface area contributed by atoms with Crippen LogP contribution in [-0.2, 0) is 16.8 Å². The van der Waals surface area contributed by atoms with Gasteiger partial charge in [-0.15, -0.1) is 0 Å². The summed E-state index contributed by atoms with van der Waals surface area (Å²) in [6, 6.07) is 13.4. The van der Waals surface area contributed by atoms with E-state index in [1.54, 1.807) is 18.2 Å². The van der Waals surface area contributed by atoms with Gasteiger partial charge in [0.2, 0.25) is 5.91 Å². The molecule has 2 N–H and O–H groups in total. The third-order valence-corrected chi connectivity index (χ3v) is 5.49. The van der Waals surface area contributed by atoms with Gasteiger partial charge in [-0.3, -0.25) is 4.79 Å². The Kier molecular flexibility index (Phi) is 6.47.